The molecule has 6 heteroatoms. The van der Waals surface area contributed by atoms with Crippen molar-refractivity contribution in [3.05, 3.63) is 18.7 Å². The van der Waals surface area contributed by atoms with Gasteiger partial charge in [0, 0.05) is 18.9 Å². The van der Waals surface area contributed by atoms with Gasteiger partial charge >= 0.3 is 6.00 Å². The summed E-state index contributed by atoms with van der Waals surface area (Å²) in [6, 6.07) is -1.70. The van der Waals surface area contributed by atoms with Crippen molar-refractivity contribution in [2.24, 2.45) is 0 Å². The third-order valence-electron chi connectivity index (χ3n) is 1.44. The fraction of sp³-hybridized carbons (Fsp3) is 0.500. The van der Waals surface area contributed by atoms with E-state index in [1.807, 2.05) is 10.8 Å². The lowest BCUT2D eigenvalue weighted by atomic mass is 10.5. The number of hydrogen-bond acceptors (Lipinski definition) is 1. The van der Waals surface area contributed by atoms with Crippen LogP contribution >= 0.6 is 33.2 Å². The predicted molar refractivity (Wildman–Crippen MR) is 55.0 cm³/mol. The standard InChI is InChI=1S/C6H9Cl3N2Si/c7-12(8,9)5-1-3-11-4-2-10-6-11/h2,4,6H,1,3,5H2. The van der Waals surface area contributed by atoms with E-state index in [1.165, 1.54) is 0 Å². The van der Waals surface area contributed by atoms with Crippen molar-refractivity contribution < 1.29 is 0 Å². The lowest BCUT2D eigenvalue weighted by Crippen LogP contribution is -2.09. The molecule has 0 saturated carbocycles. The Morgan fingerprint density at radius 1 is 1.33 bits per heavy atom. The van der Waals surface area contributed by atoms with E-state index in [-0.39, 0.29) is 0 Å². The van der Waals surface area contributed by atoms with Gasteiger partial charge in [-0.15, -0.1) is 33.2 Å². The molecule has 1 aromatic heterocycles. The van der Waals surface area contributed by atoms with E-state index in [9.17, 15) is 0 Å². The van der Waals surface area contributed by atoms with Crippen LogP contribution in [0.2, 0.25) is 6.04 Å². The third kappa shape index (κ3) is 4.35. The Kier molecular flexibility index (Phi) is 3.90. The number of nitrogens with zero attached hydrogens (tertiary/aromatic N) is 2. The molecule has 0 unspecified atom stereocenters. The summed E-state index contributed by atoms with van der Waals surface area (Å²) in [6.07, 6.45) is 6.31. The van der Waals surface area contributed by atoms with Gasteiger partial charge < -0.3 is 4.57 Å². The van der Waals surface area contributed by atoms with Crippen molar-refractivity contribution in [3.63, 3.8) is 0 Å². The lowest BCUT2D eigenvalue weighted by molar-refractivity contribution is 0.676. The normalized spacial score (nSPS) is 11.9. The van der Waals surface area contributed by atoms with E-state index in [0.29, 0.717) is 6.04 Å². The molecule has 0 spiro atoms. The highest BCUT2D eigenvalue weighted by Crippen LogP contribution is 2.26. The van der Waals surface area contributed by atoms with Crippen molar-refractivity contribution in [2.75, 3.05) is 0 Å². The van der Waals surface area contributed by atoms with Crippen molar-refractivity contribution in [3.8, 4) is 0 Å². The Bertz CT molecular complexity index is 219. The quantitative estimate of drug-likeness (QED) is 0.587. The fourth-order valence-corrected chi connectivity index (χ4v) is 2.64. The van der Waals surface area contributed by atoms with Crippen LogP contribution in [0.25, 0.3) is 0 Å². The molecule has 0 aliphatic heterocycles. The van der Waals surface area contributed by atoms with Gasteiger partial charge in [0.1, 0.15) is 0 Å². The minimum Gasteiger partial charge on any atom is -0.338 e. The Morgan fingerprint density at radius 2 is 2.08 bits per heavy atom. The smallest absolute Gasteiger partial charge is 0.338 e. The van der Waals surface area contributed by atoms with E-state index in [0.717, 1.165) is 13.0 Å². The highest BCUT2D eigenvalue weighted by molar-refractivity contribution is 7.64. The van der Waals surface area contributed by atoms with Gasteiger partial charge in [-0.05, 0) is 12.5 Å². The van der Waals surface area contributed by atoms with Crippen LogP contribution in [0.5, 0.6) is 0 Å². The zero-order valence-electron chi connectivity index (χ0n) is 6.38. The SMILES string of the molecule is Cl[Si](Cl)(Cl)CCCn1ccnc1. The summed E-state index contributed by atoms with van der Waals surface area (Å²) in [5.41, 5.74) is 0. The molecular formula is C6H9Cl3N2Si. The van der Waals surface area contributed by atoms with Crippen LogP contribution in [0.15, 0.2) is 18.7 Å². The van der Waals surface area contributed by atoms with E-state index in [4.69, 9.17) is 33.2 Å². The van der Waals surface area contributed by atoms with Crippen LogP contribution < -0.4 is 0 Å². The first-order valence-corrected chi connectivity index (χ1v) is 8.85. The summed E-state index contributed by atoms with van der Waals surface area (Å²) in [7, 11) is 0. The average Bonchev–Trinajstić information content (AvgIpc) is 2.36. The second-order valence-corrected chi connectivity index (χ2v) is 11.8. The number of hydrogen-bond donors (Lipinski definition) is 0. The lowest BCUT2D eigenvalue weighted by Gasteiger charge is -2.06. The van der Waals surface area contributed by atoms with Crippen LogP contribution in [0.1, 0.15) is 6.42 Å². The molecule has 0 aliphatic carbocycles. The third-order valence-corrected chi connectivity index (χ3v) is 4.06. The monoisotopic (exact) mass is 242 g/mol. The molecule has 0 saturated heterocycles. The molecule has 12 heavy (non-hydrogen) atoms. The fourth-order valence-electron chi connectivity index (χ4n) is 0.881. The summed E-state index contributed by atoms with van der Waals surface area (Å²) < 4.78 is 1.98. The zero-order valence-corrected chi connectivity index (χ0v) is 9.65. The van der Waals surface area contributed by atoms with E-state index >= 15 is 0 Å². The van der Waals surface area contributed by atoms with Gasteiger partial charge in [-0.1, -0.05) is 0 Å². The summed E-state index contributed by atoms with van der Waals surface area (Å²) in [5.74, 6) is 0. The molecule has 2 nitrogen and oxygen atoms in total. The first-order valence-electron chi connectivity index (χ1n) is 3.60. The molecule has 1 rings (SSSR count). The van der Waals surface area contributed by atoms with Crippen molar-refractivity contribution in [2.45, 2.75) is 19.0 Å². The van der Waals surface area contributed by atoms with Gasteiger partial charge in [0.2, 0.25) is 0 Å². The van der Waals surface area contributed by atoms with E-state index in [2.05, 4.69) is 4.98 Å². The van der Waals surface area contributed by atoms with E-state index in [1.54, 1.807) is 12.5 Å². The topological polar surface area (TPSA) is 17.8 Å². The van der Waals surface area contributed by atoms with Crippen LogP contribution in [0, 0.1) is 0 Å². The first-order chi connectivity index (χ1) is 5.58. The molecule has 1 aromatic rings. The number of aromatic nitrogens is 2. The van der Waals surface area contributed by atoms with Gasteiger partial charge in [-0.2, -0.15) is 0 Å². The van der Waals surface area contributed by atoms with E-state index < -0.39 is 6.00 Å². The first kappa shape index (κ1) is 10.4. The van der Waals surface area contributed by atoms with Crippen LogP contribution in [0.4, 0.5) is 0 Å². The molecule has 68 valence electrons. The summed E-state index contributed by atoms with van der Waals surface area (Å²) in [5, 5.41) is 0. The van der Waals surface area contributed by atoms with Crippen LogP contribution in [0.3, 0.4) is 0 Å². The maximum atomic E-state index is 5.72. The Morgan fingerprint density at radius 3 is 2.58 bits per heavy atom. The maximum absolute atomic E-state index is 5.72. The van der Waals surface area contributed by atoms with Crippen molar-refractivity contribution in [1.29, 1.82) is 0 Å². The van der Waals surface area contributed by atoms with Crippen molar-refractivity contribution >= 4 is 39.2 Å². The van der Waals surface area contributed by atoms with Gasteiger partial charge in [0.25, 0.3) is 0 Å². The van der Waals surface area contributed by atoms with Gasteiger partial charge in [-0.3, -0.25) is 0 Å². The molecule has 0 radical (unpaired) electrons. The average molecular weight is 244 g/mol. The Labute approximate surface area is 86.6 Å². The minimum atomic E-state index is -2.41. The molecule has 0 aliphatic rings. The number of rotatable bonds is 4. The number of aryl methyl sites for hydroxylation is 1. The number of imidazole rings is 1. The molecule has 0 amide bonds. The summed E-state index contributed by atoms with van der Waals surface area (Å²) >= 11 is 17.2. The van der Waals surface area contributed by atoms with Crippen molar-refractivity contribution in [1.82, 2.24) is 9.55 Å². The highest BCUT2D eigenvalue weighted by Gasteiger charge is 2.23. The molecular weight excluding hydrogens is 235 g/mol. The van der Waals surface area contributed by atoms with Gasteiger partial charge in [0.15, 0.2) is 0 Å². The second-order valence-electron chi connectivity index (χ2n) is 2.52. The van der Waals surface area contributed by atoms with Gasteiger partial charge in [0.05, 0.1) is 6.33 Å². The molecule has 0 bridgehead atoms. The molecule has 0 atom stereocenters. The molecule has 0 aromatic carbocycles. The molecule has 1 heterocycles. The predicted octanol–water partition coefficient (Wildman–Crippen LogP) is 2.93. The molecule has 0 N–H and O–H groups in total. The Hall–Kier alpha value is 0.297. The summed E-state index contributed by atoms with van der Waals surface area (Å²) in [6.45, 7) is 0.876. The van der Waals surface area contributed by atoms with Crippen LogP contribution in [-0.2, 0) is 6.54 Å². The largest absolute Gasteiger partial charge is 0.341 e. The molecule has 0 fully saturated rings. The van der Waals surface area contributed by atoms with Gasteiger partial charge in [-0.25, -0.2) is 4.98 Å². The maximum Gasteiger partial charge on any atom is 0.341 e. The Balaban J connectivity index is 2.20. The number of halogens is 3. The minimum absolute atomic E-state index is 0.704. The second kappa shape index (κ2) is 4.51. The zero-order chi connectivity index (χ0) is 9.03. The highest BCUT2D eigenvalue weighted by atomic mass is 35.8. The summed E-state index contributed by atoms with van der Waals surface area (Å²) in [4.78, 5) is 3.91. The van der Waals surface area contributed by atoms with Crippen LogP contribution in [-0.4, -0.2) is 15.6 Å².